The first-order valence-electron chi connectivity index (χ1n) is 6.37. The SMILES string of the molecule is COc1ccc(C2(C(=O)NCCC(F)(F)F)CC2)cc1. The first-order valence-corrected chi connectivity index (χ1v) is 6.37. The summed E-state index contributed by atoms with van der Waals surface area (Å²) in [7, 11) is 1.55. The van der Waals surface area contributed by atoms with E-state index < -0.39 is 18.0 Å². The number of carbonyl (C=O) groups is 1. The summed E-state index contributed by atoms with van der Waals surface area (Å²) in [6, 6.07) is 7.07. The van der Waals surface area contributed by atoms with Gasteiger partial charge in [-0.25, -0.2) is 0 Å². The van der Waals surface area contributed by atoms with Crippen LogP contribution in [0.1, 0.15) is 24.8 Å². The van der Waals surface area contributed by atoms with E-state index in [1.807, 2.05) is 0 Å². The second kappa shape index (κ2) is 5.34. The number of rotatable bonds is 5. The molecule has 0 bridgehead atoms. The maximum absolute atomic E-state index is 12.1. The average Bonchev–Trinajstić information content (AvgIpc) is 3.19. The van der Waals surface area contributed by atoms with Crippen LogP contribution in [0.3, 0.4) is 0 Å². The summed E-state index contributed by atoms with van der Waals surface area (Å²) in [5, 5.41) is 2.38. The van der Waals surface area contributed by atoms with E-state index in [9.17, 15) is 18.0 Å². The third-order valence-corrected chi connectivity index (χ3v) is 3.52. The van der Waals surface area contributed by atoms with E-state index >= 15 is 0 Å². The van der Waals surface area contributed by atoms with Crippen molar-refractivity contribution in [3.8, 4) is 5.75 Å². The summed E-state index contributed by atoms with van der Waals surface area (Å²) in [6.45, 7) is -0.375. The molecule has 0 spiro atoms. The minimum absolute atomic E-state index is 0.327. The van der Waals surface area contributed by atoms with E-state index in [2.05, 4.69) is 5.32 Å². The molecular formula is C14H16F3NO2. The van der Waals surface area contributed by atoms with Crippen LogP contribution in [0.2, 0.25) is 0 Å². The number of benzene rings is 1. The number of ether oxygens (including phenoxy) is 1. The van der Waals surface area contributed by atoms with Crippen LogP contribution >= 0.6 is 0 Å². The van der Waals surface area contributed by atoms with Crippen molar-refractivity contribution in [2.24, 2.45) is 0 Å². The molecule has 0 aliphatic heterocycles. The normalized spacial score (nSPS) is 16.6. The van der Waals surface area contributed by atoms with Gasteiger partial charge in [0.25, 0.3) is 0 Å². The Labute approximate surface area is 115 Å². The molecule has 1 fully saturated rings. The predicted octanol–water partition coefficient (Wildman–Crippen LogP) is 2.80. The van der Waals surface area contributed by atoms with Crippen molar-refractivity contribution in [2.75, 3.05) is 13.7 Å². The topological polar surface area (TPSA) is 38.3 Å². The van der Waals surface area contributed by atoms with Crippen LogP contribution < -0.4 is 10.1 Å². The molecule has 0 saturated heterocycles. The molecule has 1 aromatic carbocycles. The Hall–Kier alpha value is -1.72. The summed E-state index contributed by atoms with van der Waals surface area (Å²) in [6.07, 6.45) is -3.92. The van der Waals surface area contributed by atoms with Crippen molar-refractivity contribution in [2.45, 2.75) is 30.9 Å². The van der Waals surface area contributed by atoms with Gasteiger partial charge in [0.15, 0.2) is 0 Å². The molecule has 0 aromatic heterocycles. The van der Waals surface area contributed by atoms with Gasteiger partial charge < -0.3 is 10.1 Å². The second-order valence-corrected chi connectivity index (χ2v) is 4.93. The molecule has 1 aliphatic rings. The minimum Gasteiger partial charge on any atom is -0.497 e. The number of amides is 1. The highest BCUT2D eigenvalue weighted by molar-refractivity contribution is 5.91. The Bertz CT molecular complexity index is 478. The quantitative estimate of drug-likeness (QED) is 0.904. The van der Waals surface area contributed by atoms with E-state index in [1.54, 1.807) is 31.4 Å². The fourth-order valence-corrected chi connectivity index (χ4v) is 2.17. The lowest BCUT2D eigenvalue weighted by molar-refractivity contribution is -0.136. The van der Waals surface area contributed by atoms with E-state index in [-0.39, 0.29) is 12.5 Å². The lowest BCUT2D eigenvalue weighted by Gasteiger charge is -2.16. The Morgan fingerprint density at radius 2 is 1.90 bits per heavy atom. The summed E-state index contributed by atoms with van der Waals surface area (Å²) >= 11 is 0. The van der Waals surface area contributed by atoms with Gasteiger partial charge in [0, 0.05) is 6.54 Å². The smallest absolute Gasteiger partial charge is 0.390 e. The molecule has 0 unspecified atom stereocenters. The first kappa shape index (κ1) is 14.7. The van der Waals surface area contributed by atoms with Gasteiger partial charge in [0.2, 0.25) is 5.91 Å². The van der Waals surface area contributed by atoms with Crippen molar-refractivity contribution in [3.05, 3.63) is 29.8 Å². The molecule has 1 amide bonds. The van der Waals surface area contributed by atoms with Crippen molar-refractivity contribution in [1.82, 2.24) is 5.32 Å². The highest BCUT2D eigenvalue weighted by Crippen LogP contribution is 2.48. The van der Waals surface area contributed by atoms with E-state index in [4.69, 9.17) is 4.74 Å². The molecule has 3 nitrogen and oxygen atoms in total. The maximum atomic E-state index is 12.1. The van der Waals surface area contributed by atoms with Gasteiger partial charge in [-0.1, -0.05) is 12.1 Å². The molecule has 1 aromatic rings. The van der Waals surface area contributed by atoms with Crippen LogP contribution in [0.5, 0.6) is 5.75 Å². The molecule has 1 N–H and O–H groups in total. The third-order valence-electron chi connectivity index (χ3n) is 3.52. The third kappa shape index (κ3) is 3.23. The predicted molar refractivity (Wildman–Crippen MR) is 67.6 cm³/mol. The van der Waals surface area contributed by atoms with Gasteiger partial charge in [0.1, 0.15) is 5.75 Å². The Morgan fingerprint density at radius 3 is 2.35 bits per heavy atom. The Morgan fingerprint density at radius 1 is 1.30 bits per heavy atom. The molecule has 110 valence electrons. The number of methoxy groups -OCH3 is 1. The van der Waals surface area contributed by atoms with Crippen LogP contribution in [0.25, 0.3) is 0 Å². The zero-order valence-electron chi connectivity index (χ0n) is 11.1. The van der Waals surface area contributed by atoms with Gasteiger partial charge in [-0.3, -0.25) is 4.79 Å². The first-order chi connectivity index (χ1) is 9.37. The summed E-state index contributed by atoms with van der Waals surface area (Å²) < 4.78 is 41.2. The van der Waals surface area contributed by atoms with E-state index in [0.717, 1.165) is 5.56 Å². The number of alkyl halides is 3. The van der Waals surface area contributed by atoms with Crippen LogP contribution in [0.15, 0.2) is 24.3 Å². The van der Waals surface area contributed by atoms with Gasteiger partial charge in [0.05, 0.1) is 18.9 Å². The number of halogens is 3. The van der Waals surface area contributed by atoms with Gasteiger partial charge in [-0.2, -0.15) is 13.2 Å². The molecule has 2 rings (SSSR count). The highest BCUT2D eigenvalue weighted by atomic mass is 19.4. The molecule has 0 radical (unpaired) electrons. The van der Waals surface area contributed by atoms with Crippen molar-refractivity contribution in [1.29, 1.82) is 0 Å². The monoisotopic (exact) mass is 287 g/mol. The zero-order valence-corrected chi connectivity index (χ0v) is 11.1. The van der Waals surface area contributed by atoms with Crippen molar-refractivity contribution >= 4 is 5.91 Å². The molecule has 20 heavy (non-hydrogen) atoms. The molecule has 1 saturated carbocycles. The van der Waals surface area contributed by atoms with Crippen LogP contribution in [-0.2, 0) is 10.2 Å². The number of carbonyl (C=O) groups excluding carboxylic acids is 1. The molecule has 6 heteroatoms. The number of hydrogen-bond donors (Lipinski definition) is 1. The van der Waals surface area contributed by atoms with Crippen LogP contribution in [0, 0.1) is 0 Å². The zero-order chi connectivity index (χ0) is 14.8. The Kier molecular flexibility index (Phi) is 3.92. The highest BCUT2D eigenvalue weighted by Gasteiger charge is 2.51. The number of nitrogens with one attached hydrogen (secondary N) is 1. The standard InChI is InChI=1S/C14H16F3NO2/c1-20-11-4-2-10(3-5-11)13(6-7-13)12(19)18-9-8-14(15,16)17/h2-5H,6-9H2,1H3,(H,18,19). The summed E-state index contributed by atoms with van der Waals surface area (Å²) in [4.78, 5) is 12.1. The van der Waals surface area contributed by atoms with Crippen LogP contribution in [-0.4, -0.2) is 25.7 Å². The van der Waals surface area contributed by atoms with Crippen LogP contribution in [0.4, 0.5) is 13.2 Å². The molecule has 1 aliphatic carbocycles. The Balaban J connectivity index is 1.97. The largest absolute Gasteiger partial charge is 0.497 e. The van der Waals surface area contributed by atoms with Crippen molar-refractivity contribution < 1.29 is 22.7 Å². The lowest BCUT2D eigenvalue weighted by atomic mass is 9.95. The molecule has 0 atom stereocenters. The summed E-state index contributed by atoms with van der Waals surface area (Å²) in [5.41, 5.74) is 0.167. The fraction of sp³-hybridized carbons (Fsp3) is 0.500. The van der Waals surface area contributed by atoms with Crippen molar-refractivity contribution in [3.63, 3.8) is 0 Å². The van der Waals surface area contributed by atoms with E-state index in [0.29, 0.717) is 18.6 Å². The van der Waals surface area contributed by atoms with Gasteiger partial charge >= 0.3 is 6.18 Å². The minimum atomic E-state index is -4.25. The second-order valence-electron chi connectivity index (χ2n) is 4.93. The van der Waals surface area contributed by atoms with Gasteiger partial charge in [-0.15, -0.1) is 0 Å². The number of hydrogen-bond acceptors (Lipinski definition) is 2. The maximum Gasteiger partial charge on any atom is 0.390 e. The fourth-order valence-electron chi connectivity index (χ4n) is 2.17. The lowest BCUT2D eigenvalue weighted by Crippen LogP contribution is -2.36. The van der Waals surface area contributed by atoms with E-state index in [1.165, 1.54) is 0 Å². The summed E-state index contributed by atoms with van der Waals surface area (Å²) in [5.74, 6) is 0.356. The van der Waals surface area contributed by atoms with Gasteiger partial charge in [-0.05, 0) is 30.5 Å². The molecular weight excluding hydrogens is 271 g/mol. The molecule has 0 heterocycles. The average molecular weight is 287 g/mol.